The molecule has 0 saturated carbocycles. The first-order chi connectivity index (χ1) is 8.74. The summed E-state index contributed by atoms with van der Waals surface area (Å²) in [5, 5.41) is 0. The third kappa shape index (κ3) is 2.93. The quantitative estimate of drug-likeness (QED) is 0.818. The zero-order chi connectivity index (χ0) is 13.0. The Labute approximate surface area is 108 Å². The van der Waals surface area contributed by atoms with Gasteiger partial charge in [0.2, 0.25) is 0 Å². The molecule has 100 valence electrons. The van der Waals surface area contributed by atoms with Gasteiger partial charge in [-0.2, -0.15) is 0 Å². The van der Waals surface area contributed by atoms with Gasteiger partial charge in [-0.05, 0) is 37.9 Å². The van der Waals surface area contributed by atoms with Crippen LogP contribution >= 0.6 is 0 Å². The van der Waals surface area contributed by atoms with E-state index in [-0.39, 0.29) is 11.9 Å². The monoisotopic (exact) mass is 252 g/mol. The molecule has 1 heterocycles. The molecule has 0 amide bonds. The van der Waals surface area contributed by atoms with Crippen molar-refractivity contribution in [1.82, 2.24) is 0 Å². The van der Waals surface area contributed by atoms with Crippen molar-refractivity contribution in [2.45, 2.75) is 32.3 Å². The Morgan fingerprint density at radius 3 is 3.00 bits per heavy atom. The van der Waals surface area contributed by atoms with Crippen LogP contribution in [-0.2, 0) is 0 Å². The molecule has 0 radical (unpaired) electrons. The van der Waals surface area contributed by atoms with Crippen molar-refractivity contribution >= 4 is 5.69 Å². The standard InChI is InChI=1S/C14H21FN2O/c1-2-12-10-17(8-4-3-7-16)13-9-11(15)5-6-14(13)18-12/h5-6,9,12H,2-4,7-8,10,16H2,1H3. The molecule has 0 aliphatic carbocycles. The molecule has 3 nitrogen and oxygen atoms in total. The van der Waals surface area contributed by atoms with E-state index in [1.54, 1.807) is 12.1 Å². The summed E-state index contributed by atoms with van der Waals surface area (Å²) in [5.74, 6) is 0.582. The highest BCUT2D eigenvalue weighted by Gasteiger charge is 2.24. The summed E-state index contributed by atoms with van der Waals surface area (Å²) in [5.41, 5.74) is 6.39. The van der Waals surface area contributed by atoms with Crippen LogP contribution in [-0.4, -0.2) is 25.7 Å². The van der Waals surface area contributed by atoms with Gasteiger partial charge in [-0.25, -0.2) is 4.39 Å². The Morgan fingerprint density at radius 2 is 2.28 bits per heavy atom. The Balaban J connectivity index is 2.15. The lowest BCUT2D eigenvalue weighted by Crippen LogP contribution is -2.40. The predicted octanol–water partition coefficient (Wildman–Crippen LogP) is 2.54. The first-order valence-corrected chi connectivity index (χ1v) is 6.65. The van der Waals surface area contributed by atoms with E-state index in [9.17, 15) is 4.39 Å². The van der Waals surface area contributed by atoms with Gasteiger partial charge in [0, 0.05) is 12.6 Å². The maximum absolute atomic E-state index is 13.3. The fourth-order valence-corrected chi connectivity index (χ4v) is 2.27. The lowest BCUT2D eigenvalue weighted by atomic mass is 10.1. The lowest BCUT2D eigenvalue weighted by Gasteiger charge is -2.36. The van der Waals surface area contributed by atoms with Crippen molar-refractivity contribution in [3.63, 3.8) is 0 Å². The number of fused-ring (bicyclic) bond motifs is 1. The largest absolute Gasteiger partial charge is 0.486 e. The highest BCUT2D eigenvalue weighted by molar-refractivity contribution is 5.60. The van der Waals surface area contributed by atoms with Gasteiger partial charge in [-0.3, -0.25) is 0 Å². The molecule has 1 aliphatic rings. The van der Waals surface area contributed by atoms with E-state index in [0.29, 0.717) is 6.54 Å². The maximum atomic E-state index is 13.3. The van der Waals surface area contributed by atoms with Crippen molar-refractivity contribution in [2.24, 2.45) is 5.73 Å². The van der Waals surface area contributed by atoms with Gasteiger partial charge in [0.25, 0.3) is 0 Å². The van der Waals surface area contributed by atoms with Crippen molar-refractivity contribution < 1.29 is 9.13 Å². The average Bonchev–Trinajstić information content (AvgIpc) is 2.39. The van der Waals surface area contributed by atoms with Crippen LogP contribution in [0, 0.1) is 5.82 Å². The van der Waals surface area contributed by atoms with E-state index >= 15 is 0 Å². The molecule has 4 heteroatoms. The van der Waals surface area contributed by atoms with Gasteiger partial charge in [0.1, 0.15) is 17.7 Å². The number of benzene rings is 1. The van der Waals surface area contributed by atoms with Crippen molar-refractivity contribution in [3.05, 3.63) is 24.0 Å². The second kappa shape index (κ2) is 6.05. The fraction of sp³-hybridized carbons (Fsp3) is 0.571. The Bertz CT molecular complexity index is 397. The maximum Gasteiger partial charge on any atom is 0.143 e. The van der Waals surface area contributed by atoms with E-state index < -0.39 is 0 Å². The summed E-state index contributed by atoms with van der Waals surface area (Å²) >= 11 is 0. The highest BCUT2D eigenvalue weighted by Crippen LogP contribution is 2.34. The van der Waals surface area contributed by atoms with Crippen LogP contribution in [0.25, 0.3) is 0 Å². The second-order valence-corrected chi connectivity index (χ2v) is 4.70. The third-order valence-electron chi connectivity index (χ3n) is 3.32. The SMILES string of the molecule is CCC1CN(CCCCN)c2cc(F)ccc2O1. The van der Waals surface area contributed by atoms with Gasteiger partial charge >= 0.3 is 0 Å². The number of ether oxygens (including phenoxy) is 1. The van der Waals surface area contributed by atoms with Gasteiger partial charge in [-0.15, -0.1) is 0 Å². The van der Waals surface area contributed by atoms with Crippen LogP contribution in [0.5, 0.6) is 5.75 Å². The number of halogens is 1. The molecule has 0 fully saturated rings. The van der Waals surface area contributed by atoms with Crippen molar-refractivity contribution in [3.8, 4) is 5.75 Å². The molecule has 0 saturated heterocycles. The van der Waals surface area contributed by atoms with Crippen molar-refractivity contribution in [2.75, 3.05) is 24.5 Å². The minimum absolute atomic E-state index is 0.195. The zero-order valence-corrected chi connectivity index (χ0v) is 10.9. The summed E-state index contributed by atoms with van der Waals surface area (Å²) < 4.78 is 19.2. The summed E-state index contributed by atoms with van der Waals surface area (Å²) in [7, 11) is 0. The Hall–Kier alpha value is -1.29. The van der Waals surface area contributed by atoms with Gasteiger partial charge in [0.15, 0.2) is 0 Å². The van der Waals surface area contributed by atoms with E-state index in [1.165, 1.54) is 6.07 Å². The van der Waals surface area contributed by atoms with Crippen LogP contribution in [0.3, 0.4) is 0 Å². The highest BCUT2D eigenvalue weighted by atomic mass is 19.1. The Morgan fingerprint density at radius 1 is 1.44 bits per heavy atom. The number of nitrogens with two attached hydrogens (primary N) is 1. The Kier molecular flexibility index (Phi) is 4.42. The summed E-state index contributed by atoms with van der Waals surface area (Å²) in [4.78, 5) is 2.21. The lowest BCUT2D eigenvalue weighted by molar-refractivity contribution is 0.188. The molecule has 1 atom stereocenters. The molecule has 0 spiro atoms. The molecule has 0 bridgehead atoms. The first-order valence-electron chi connectivity index (χ1n) is 6.65. The molecule has 1 unspecified atom stereocenters. The van der Waals surface area contributed by atoms with Gasteiger partial charge < -0.3 is 15.4 Å². The summed E-state index contributed by atoms with van der Waals surface area (Å²) in [6, 6.07) is 4.74. The van der Waals surface area contributed by atoms with Crippen LogP contribution in [0.2, 0.25) is 0 Å². The van der Waals surface area contributed by atoms with Gasteiger partial charge in [-0.1, -0.05) is 6.92 Å². The second-order valence-electron chi connectivity index (χ2n) is 4.70. The smallest absolute Gasteiger partial charge is 0.143 e. The van der Waals surface area contributed by atoms with E-state index in [1.807, 2.05) is 0 Å². The summed E-state index contributed by atoms with van der Waals surface area (Å²) in [6.07, 6.45) is 3.19. The predicted molar refractivity (Wildman–Crippen MR) is 71.6 cm³/mol. The zero-order valence-electron chi connectivity index (χ0n) is 10.9. The molecular formula is C14H21FN2O. The minimum atomic E-state index is -0.212. The molecule has 2 N–H and O–H groups in total. The molecular weight excluding hydrogens is 231 g/mol. The molecule has 1 aromatic carbocycles. The topological polar surface area (TPSA) is 38.5 Å². The minimum Gasteiger partial charge on any atom is -0.486 e. The van der Waals surface area contributed by atoms with Crippen LogP contribution < -0.4 is 15.4 Å². The number of nitrogens with zero attached hydrogens (tertiary/aromatic N) is 1. The first kappa shape index (κ1) is 13.1. The molecule has 2 rings (SSSR count). The number of hydrogen-bond donors (Lipinski definition) is 1. The van der Waals surface area contributed by atoms with Crippen LogP contribution in [0.1, 0.15) is 26.2 Å². The van der Waals surface area contributed by atoms with Crippen molar-refractivity contribution in [1.29, 1.82) is 0 Å². The average molecular weight is 252 g/mol. The molecule has 1 aromatic rings. The third-order valence-corrected chi connectivity index (χ3v) is 3.32. The number of anilines is 1. The number of unbranched alkanes of at least 4 members (excludes halogenated alkanes) is 1. The van der Waals surface area contributed by atoms with Gasteiger partial charge in [0.05, 0.1) is 12.2 Å². The van der Waals surface area contributed by atoms with E-state index in [2.05, 4.69) is 11.8 Å². The number of hydrogen-bond acceptors (Lipinski definition) is 3. The normalized spacial score (nSPS) is 18.4. The van der Waals surface area contributed by atoms with Crippen LogP contribution in [0.15, 0.2) is 18.2 Å². The van der Waals surface area contributed by atoms with E-state index in [4.69, 9.17) is 10.5 Å². The molecule has 18 heavy (non-hydrogen) atoms. The molecule has 1 aliphatic heterocycles. The van der Waals surface area contributed by atoms with Crippen LogP contribution in [0.4, 0.5) is 10.1 Å². The van der Waals surface area contributed by atoms with E-state index in [0.717, 1.165) is 43.8 Å². The molecule has 0 aromatic heterocycles. The number of rotatable bonds is 5. The summed E-state index contributed by atoms with van der Waals surface area (Å²) in [6.45, 7) is 4.56. The fourth-order valence-electron chi connectivity index (χ4n) is 2.27.